The van der Waals surface area contributed by atoms with Crippen molar-refractivity contribution >= 4 is 28.6 Å². The fourth-order valence-electron chi connectivity index (χ4n) is 2.79. The van der Waals surface area contributed by atoms with Gasteiger partial charge in [-0.3, -0.25) is 9.78 Å². The van der Waals surface area contributed by atoms with Gasteiger partial charge in [0.2, 0.25) is 5.95 Å². The number of aliphatic hydroxyl groups is 1. The summed E-state index contributed by atoms with van der Waals surface area (Å²) in [5.74, 6) is -0.443. The molecule has 4 aromatic rings. The maximum absolute atomic E-state index is 13.6. The van der Waals surface area contributed by atoms with Gasteiger partial charge in [-0.15, -0.1) is 0 Å². The molecule has 0 amide bonds. The smallest absolute Gasteiger partial charge is 0.263 e. The monoisotopic (exact) mass is 399 g/mol. The minimum atomic E-state index is -1.02. The van der Waals surface area contributed by atoms with E-state index in [2.05, 4.69) is 20.4 Å². The highest BCUT2D eigenvalue weighted by Crippen LogP contribution is 2.21. The lowest BCUT2D eigenvalue weighted by Gasteiger charge is -2.13. The van der Waals surface area contributed by atoms with E-state index in [9.17, 15) is 14.3 Å². The van der Waals surface area contributed by atoms with Gasteiger partial charge in [0.15, 0.2) is 5.65 Å². The van der Waals surface area contributed by atoms with Crippen molar-refractivity contribution in [3.63, 3.8) is 0 Å². The first-order chi connectivity index (χ1) is 13.5. The molecule has 1 atom stereocenters. The SMILES string of the molecule is O=c1[nH]c(NCC(O)c2ccc(Cl)c(F)c2)nc2c1cnn2-c1ccccc1. The molecule has 0 saturated carbocycles. The predicted octanol–water partition coefficient (Wildman–Crippen LogP) is 3.05. The largest absolute Gasteiger partial charge is 0.387 e. The lowest BCUT2D eigenvalue weighted by molar-refractivity contribution is 0.191. The summed E-state index contributed by atoms with van der Waals surface area (Å²) in [5, 5.41) is 17.7. The van der Waals surface area contributed by atoms with Crippen LogP contribution in [0, 0.1) is 5.82 Å². The number of para-hydroxylation sites is 1. The molecule has 0 radical (unpaired) electrons. The molecule has 28 heavy (non-hydrogen) atoms. The molecule has 4 rings (SSSR count). The van der Waals surface area contributed by atoms with Crippen molar-refractivity contribution in [2.24, 2.45) is 0 Å². The standard InChI is InChI=1S/C19H15ClFN5O2/c20-14-7-6-11(8-15(14)21)16(27)10-22-19-24-17-13(18(28)25-19)9-23-26(17)12-4-2-1-3-5-12/h1-9,16,27H,10H2,(H2,22,24,25,28). The highest BCUT2D eigenvalue weighted by atomic mass is 35.5. The molecule has 0 spiro atoms. The van der Waals surface area contributed by atoms with Crippen LogP contribution in [-0.2, 0) is 0 Å². The maximum Gasteiger partial charge on any atom is 0.263 e. The van der Waals surface area contributed by atoms with Gasteiger partial charge in [0, 0.05) is 6.54 Å². The van der Waals surface area contributed by atoms with Crippen LogP contribution in [0.3, 0.4) is 0 Å². The Morgan fingerprint density at radius 3 is 2.79 bits per heavy atom. The number of aromatic amines is 1. The third-order valence-corrected chi connectivity index (χ3v) is 4.54. The van der Waals surface area contributed by atoms with Crippen LogP contribution in [0.2, 0.25) is 5.02 Å². The second-order valence-electron chi connectivity index (χ2n) is 6.11. The predicted molar refractivity (Wildman–Crippen MR) is 104 cm³/mol. The van der Waals surface area contributed by atoms with E-state index in [1.54, 1.807) is 4.68 Å². The summed E-state index contributed by atoms with van der Waals surface area (Å²) in [5.41, 5.74) is 1.14. The van der Waals surface area contributed by atoms with Crippen molar-refractivity contribution in [2.45, 2.75) is 6.10 Å². The second-order valence-corrected chi connectivity index (χ2v) is 6.52. The number of aliphatic hydroxyl groups excluding tert-OH is 1. The molecule has 2 aromatic heterocycles. The van der Waals surface area contributed by atoms with E-state index in [1.165, 1.54) is 24.4 Å². The van der Waals surface area contributed by atoms with Crippen LogP contribution in [0.15, 0.2) is 59.5 Å². The molecule has 1 unspecified atom stereocenters. The van der Waals surface area contributed by atoms with Gasteiger partial charge in [0.25, 0.3) is 5.56 Å². The summed E-state index contributed by atoms with van der Waals surface area (Å²) in [4.78, 5) is 19.3. The normalized spacial score (nSPS) is 12.2. The molecule has 0 fully saturated rings. The molecular weight excluding hydrogens is 385 g/mol. The summed E-state index contributed by atoms with van der Waals surface area (Å²) in [7, 11) is 0. The Balaban J connectivity index is 1.60. The van der Waals surface area contributed by atoms with Crippen LogP contribution in [0.4, 0.5) is 10.3 Å². The van der Waals surface area contributed by atoms with Gasteiger partial charge < -0.3 is 10.4 Å². The Kier molecular flexibility index (Phi) is 4.81. The van der Waals surface area contributed by atoms with Crippen LogP contribution in [-0.4, -0.2) is 31.4 Å². The van der Waals surface area contributed by atoms with Crippen LogP contribution in [0.1, 0.15) is 11.7 Å². The Bertz CT molecular complexity index is 1190. The van der Waals surface area contributed by atoms with Crippen molar-refractivity contribution in [2.75, 3.05) is 11.9 Å². The number of nitrogens with one attached hydrogen (secondary N) is 2. The zero-order chi connectivity index (χ0) is 19.7. The molecule has 142 valence electrons. The number of H-pyrrole nitrogens is 1. The average molecular weight is 400 g/mol. The third kappa shape index (κ3) is 3.47. The van der Waals surface area contributed by atoms with Crippen molar-refractivity contribution in [1.29, 1.82) is 0 Å². The molecule has 0 bridgehead atoms. The molecule has 0 aliphatic carbocycles. The molecule has 3 N–H and O–H groups in total. The molecular formula is C19H15ClFN5O2. The Morgan fingerprint density at radius 2 is 2.04 bits per heavy atom. The second kappa shape index (κ2) is 7.41. The van der Waals surface area contributed by atoms with Crippen molar-refractivity contribution in [3.8, 4) is 5.69 Å². The number of anilines is 1. The number of rotatable bonds is 5. The van der Waals surface area contributed by atoms with Crippen molar-refractivity contribution in [1.82, 2.24) is 19.7 Å². The van der Waals surface area contributed by atoms with E-state index >= 15 is 0 Å². The number of hydrogen-bond acceptors (Lipinski definition) is 5. The molecule has 2 aromatic carbocycles. The summed E-state index contributed by atoms with van der Waals surface area (Å²) >= 11 is 5.66. The fraction of sp³-hybridized carbons (Fsp3) is 0.105. The third-order valence-electron chi connectivity index (χ3n) is 4.23. The number of hydrogen-bond donors (Lipinski definition) is 3. The summed E-state index contributed by atoms with van der Waals surface area (Å²) in [6.07, 6.45) is 0.426. The van der Waals surface area contributed by atoms with Gasteiger partial charge in [-0.1, -0.05) is 35.9 Å². The zero-order valence-electron chi connectivity index (χ0n) is 14.4. The molecule has 0 saturated heterocycles. The maximum atomic E-state index is 13.6. The zero-order valence-corrected chi connectivity index (χ0v) is 15.2. The fourth-order valence-corrected chi connectivity index (χ4v) is 2.91. The Hall–Kier alpha value is -3.23. The number of nitrogens with zero attached hydrogens (tertiary/aromatic N) is 3. The van der Waals surface area contributed by atoms with Crippen molar-refractivity contribution in [3.05, 3.63) is 81.5 Å². The molecule has 7 nitrogen and oxygen atoms in total. The number of aromatic nitrogens is 4. The van der Waals surface area contributed by atoms with E-state index in [0.29, 0.717) is 16.6 Å². The highest BCUT2D eigenvalue weighted by molar-refractivity contribution is 6.30. The van der Waals surface area contributed by atoms with Crippen LogP contribution >= 0.6 is 11.6 Å². The topological polar surface area (TPSA) is 95.8 Å². The van der Waals surface area contributed by atoms with Gasteiger partial charge in [0.1, 0.15) is 11.2 Å². The van der Waals surface area contributed by atoms with Gasteiger partial charge in [-0.2, -0.15) is 10.1 Å². The summed E-state index contributed by atoms with van der Waals surface area (Å²) < 4.78 is 15.1. The van der Waals surface area contributed by atoms with E-state index < -0.39 is 11.9 Å². The molecule has 2 heterocycles. The number of fused-ring (bicyclic) bond motifs is 1. The first kappa shape index (κ1) is 18.1. The minimum absolute atomic E-state index is 0.00892. The van der Waals surface area contributed by atoms with E-state index in [-0.39, 0.29) is 23.1 Å². The van der Waals surface area contributed by atoms with E-state index in [4.69, 9.17) is 11.6 Å². The average Bonchev–Trinajstić information content (AvgIpc) is 3.13. The quantitative estimate of drug-likeness (QED) is 0.479. The van der Waals surface area contributed by atoms with E-state index in [1.807, 2.05) is 30.3 Å². The van der Waals surface area contributed by atoms with Gasteiger partial charge in [0.05, 0.1) is 23.0 Å². The molecule has 0 aliphatic heterocycles. The summed E-state index contributed by atoms with van der Waals surface area (Å²) in [6, 6.07) is 13.4. The van der Waals surface area contributed by atoms with Crippen LogP contribution in [0.5, 0.6) is 0 Å². The minimum Gasteiger partial charge on any atom is -0.387 e. The van der Waals surface area contributed by atoms with Crippen molar-refractivity contribution < 1.29 is 9.50 Å². The van der Waals surface area contributed by atoms with Gasteiger partial charge in [-0.05, 0) is 29.8 Å². The van der Waals surface area contributed by atoms with Crippen LogP contribution in [0.25, 0.3) is 16.7 Å². The van der Waals surface area contributed by atoms with Crippen LogP contribution < -0.4 is 10.9 Å². The lowest BCUT2D eigenvalue weighted by atomic mass is 10.1. The van der Waals surface area contributed by atoms with Gasteiger partial charge in [-0.25, -0.2) is 9.07 Å². The first-order valence-electron chi connectivity index (χ1n) is 8.43. The number of benzene rings is 2. The Labute approximate surface area is 163 Å². The first-order valence-corrected chi connectivity index (χ1v) is 8.81. The molecule has 9 heteroatoms. The van der Waals surface area contributed by atoms with E-state index in [0.717, 1.165) is 5.69 Å². The molecule has 0 aliphatic rings. The highest BCUT2D eigenvalue weighted by Gasteiger charge is 2.14. The van der Waals surface area contributed by atoms with Gasteiger partial charge >= 0.3 is 0 Å². The summed E-state index contributed by atoms with van der Waals surface area (Å²) in [6.45, 7) is 0.00892. The Morgan fingerprint density at radius 1 is 1.25 bits per heavy atom. The number of halogens is 2. The lowest BCUT2D eigenvalue weighted by Crippen LogP contribution is -2.18.